The maximum Gasteiger partial charge on any atom is 0.308 e. The molecule has 0 fully saturated rings. The van der Waals surface area contributed by atoms with Gasteiger partial charge in [-0.2, -0.15) is 0 Å². The van der Waals surface area contributed by atoms with Crippen molar-refractivity contribution in [3.63, 3.8) is 0 Å². The van der Waals surface area contributed by atoms with E-state index in [-0.39, 0.29) is 0 Å². The fraction of sp³-hybridized carbons (Fsp3) is 0.958. The zero-order chi connectivity index (χ0) is 23.6. The Balaban J connectivity index is 4.40. The van der Waals surface area contributed by atoms with E-state index in [1.54, 1.807) is 0 Å². The van der Waals surface area contributed by atoms with E-state index in [0.29, 0.717) is 12.8 Å². The van der Waals surface area contributed by atoms with Crippen LogP contribution in [0.15, 0.2) is 0 Å². The first-order valence-electron chi connectivity index (χ1n) is 13.9. The predicted molar refractivity (Wildman–Crippen MR) is 115 cm³/mol. The summed E-state index contributed by atoms with van der Waals surface area (Å²) >= 11 is 0. The first-order chi connectivity index (χ1) is 14.7. The lowest BCUT2D eigenvalue weighted by Gasteiger charge is -2.15. The van der Waals surface area contributed by atoms with Crippen molar-refractivity contribution in [2.75, 3.05) is 6.56 Å². The Morgan fingerprint density at radius 3 is 1.50 bits per heavy atom. The minimum Gasteiger partial charge on any atom is -0.466 e. The Labute approximate surface area is 171 Å². The highest BCUT2D eigenvalue weighted by Crippen LogP contribution is 2.21. The van der Waals surface area contributed by atoms with E-state index < -0.39 is 25.3 Å². The predicted octanol–water partition coefficient (Wildman–Crippen LogP) is 8.23. The van der Waals surface area contributed by atoms with Crippen molar-refractivity contribution in [3.05, 3.63) is 0 Å². The lowest BCUT2D eigenvalue weighted by molar-refractivity contribution is -0.148. The van der Waals surface area contributed by atoms with Crippen LogP contribution >= 0.6 is 0 Å². The van der Waals surface area contributed by atoms with Gasteiger partial charge >= 0.3 is 5.97 Å². The van der Waals surface area contributed by atoms with Crippen molar-refractivity contribution in [1.29, 1.82) is 0 Å². The normalized spacial score (nSPS) is 15.1. The van der Waals surface area contributed by atoms with E-state index in [1.165, 1.54) is 64.2 Å². The summed E-state index contributed by atoms with van der Waals surface area (Å²) in [6, 6.07) is 0. The van der Waals surface area contributed by atoms with Crippen LogP contribution in [0.2, 0.25) is 0 Å². The maximum atomic E-state index is 12.6. The summed E-state index contributed by atoms with van der Waals surface area (Å²) < 4.78 is 41.9. The topological polar surface area (TPSA) is 26.3 Å². The lowest BCUT2D eigenvalue weighted by Crippen LogP contribution is -2.18. The zero-order valence-electron chi connectivity index (χ0n) is 22.6. The molecule has 156 valence electrons. The van der Waals surface area contributed by atoms with E-state index >= 15 is 0 Å². The molecule has 0 rings (SSSR count). The average Bonchev–Trinajstić information content (AvgIpc) is 2.69. The Morgan fingerprint density at radius 1 is 0.731 bits per heavy atom. The monoisotopic (exact) mass is 373 g/mol. The van der Waals surface area contributed by atoms with Gasteiger partial charge in [-0.15, -0.1) is 0 Å². The molecule has 0 heterocycles. The molecule has 0 unspecified atom stereocenters. The van der Waals surface area contributed by atoms with E-state index in [0.717, 1.165) is 38.5 Å². The summed E-state index contributed by atoms with van der Waals surface area (Å²) in [5, 5.41) is 0. The molecule has 2 nitrogen and oxygen atoms in total. The van der Waals surface area contributed by atoms with Crippen LogP contribution in [0.1, 0.15) is 143 Å². The molecule has 0 aliphatic rings. The molecule has 0 N–H and O–H groups in total. The zero-order valence-corrected chi connectivity index (χ0v) is 17.6. The molecule has 0 atom stereocenters. The van der Waals surface area contributed by atoms with Gasteiger partial charge in [-0.1, -0.05) is 117 Å². The molecular weight excluding hydrogens is 320 g/mol. The van der Waals surface area contributed by atoms with Gasteiger partial charge in [0.25, 0.3) is 0 Å². The number of unbranched alkanes of at least 4 members (excludes halogenated alkanes) is 14. The van der Waals surface area contributed by atoms with Gasteiger partial charge in [-0.05, 0) is 19.7 Å². The second kappa shape index (κ2) is 20.8. The van der Waals surface area contributed by atoms with Gasteiger partial charge in [0.05, 0.1) is 15.2 Å². The third kappa shape index (κ3) is 16.9. The summed E-state index contributed by atoms with van der Waals surface area (Å²) in [6.45, 7) is -1.48. The molecular formula is C24H48O2. The van der Waals surface area contributed by atoms with Crippen molar-refractivity contribution >= 4 is 5.97 Å². The minimum absolute atomic E-state index is 0.405. The van der Waals surface area contributed by atoms with Gasteiger partial charge in [0.2, 0.25) is 0 Å². The van der Waals surface area contributed by atoms with Crippen LogP contribution in [0.25, 0.3) is 0 Å². The van der Waals surface area contributed by atoms with Crippen LogP contribution in [-0.4, -0.2) is 12.5 Å². The number of rotatable bonds is 20. The van der Waals surface area contributed by atoms with Crippen LogP contribution in [0.3, 0.4) is 0 Å². The Kier molecular flexibility index (Phi) is 14.0. The molecule has 0 amide bonds. The second-order valence-corrected chi connectivity index (χ2v) is 7.75. The molecule has 0 radical (unpaired) electrons. The fourth-order valence-electron chi connectivity index (χ4n) is 3.56. The average molecular weight is 374 g/mol. The maximum absolute atomic E-state index is 12.6. The molecule has 2 heteroatoms. The highest BCUT2D eigenvalue weighted by Gasteiger charge is 2.18. The van der Waals surface area contributed by atoms with Gasteiger partial charge in [0.1, 0.15) is 0 Å². The first-order valence-corrected chi connectivity index (χ1v) is 11.4. The largest absolute Gasteiger partial charge is 0.466 e. The molecule has 0 aromatic heterocycles. The summed E-state index contributed by atoms with van der Waals surface area (Å²) in [6.07, 6.45) is 20.1. The summed E-state index contributed by atoms with van der Waals surface area (Å²) in [5.41, 5.74) is 0. The molecule has 0 aliphatic carbocycles. The minimum atomic E-state index is -2.97. The smallest absolute Gasteiger partial charge is 0.308 e. The highest BCUT2D eigenvalue weighted by molar-refractivity contribution is 5.72. The van der Waals surface area contributed by atoms with Gasteiger partial charge in [0.15, 0.2) is 0 Å². The van der Waals surface area contributed by atoms with Gasteiger partial charge in [-0.25, -0.2) is 0 Å². The highest BCUT2D eigenvalue weighted by atomic mass is 16.5. The Bertz CT molecular complexity index is 418. The lowest BCUT2D eigenvalue weighted by atomic mass is 9.94. The number of carbonyl (C=O) groups is 1. The number of hydrogen-bond donors (Lipinski definition) is 0. The molecule has 0 bridgehead atoms. The van der Waals surface area contributed by atoms with Crippen molar-refractivity contribution in [2.45, 2.75) is 136 Å². The van der Waals surface area contributed by atoms with E-state index in [1.807, 2.05) is 0 Å². The molecule has 26 heavy (non-hydrogen) atoms. The molecule has 0 spiro atoms. The van der Waals surface area contributed by atoms with Gasteiger partial charge in [0, 0.05) is 4.11 Å². The molecule has 0 saturated heterocycles. The van der Waals surface area contributed by atoms with Crippen LogP contribution in [0.5, 0.6) is 0 Å². The number of esters is 1. The summed E-state index contributed by atoms with van der Waals surface area (Å²) in [4.78, 5) is 12.6. The van der Waals surface area contributed by atoms with E-state index in [4.69, 9.17) is 11.6 Å². The number of hydrogen-bond acceptors (Lipinski definition) is 2. The third-order valence-corrected chi connectivity index (χ3v) is 5.30. The van der Waals surface area contributed by atoms with Crippen molar-refractivity contribution < 1.29 is 16.4 Å². The quantitative estimate of drug-likeness (QED) is 0.159. The standard InChI is InChI=1S/C24H48O2/c1-4-7-9-11-13-15-17-19-21-23(24(25)26-6-3)22-20-18-16-14-12-10-8-5-2/h23H,4-22H2,1-3H3/i3D3,6D2. The number of ether oxygens (including phenoxy) is 1. The molecule has 0 saturated carbocycles. The molecule has 0 aromatic carbocycles. The Morgan fingerprint density at radius 2 is 1.12 bits per heavy atom. The second-order valence-electron chi connectivity index (χ2n) is 7.75. The van der Waals surface area contributed by atoms with Crippen LogP contribution in [-0.2, 0) is 9.53 Å². The van der Waals surface area contributed by atoms with Crippen molar-refractivity contribution in [3.8, 4) is 0 Å². The fourth-order valence-corrected chi connectivity index (χ4v) is 3.56. The van der Waals surface area contributed by atoms with Crippen LogP contribution in [0, 0.1) is 5.92 Å². The Hall–Kier alpha value is -0.530. The summed E-state index contributed by atoms with van der Waals surface area (Å²) in [5.74, 6) is -1.09. The molecule has 0 aromatic rings. The first kappa shape index (κ1) is 17.6. The van der Waals surface area contributed by atoms with Gasteiger partial charge < -0.3 is 4.74 Å². The van der Waals surface area contributed by atoms with E-state index in [9.17, 15) is 4.79 Å². The van der Waals surface area contributed by atoms with Gasteiger partial charge in [-0.3, -0.25) is 4.79 Å². The van der Waals surface area contributed by atoms with Crippen molar-refractivity contribution in [2.24, 2.45) is 5.92 Å². The SMILES string of the molecule is [2H]C([2H])([2H])C([2H])([2H])OC(=O)C(CCCCCCCCCC)CCCCCCCCCC. The van der Waals surface area contributed by atoms with Crippen LogP contribution in [0.4, 0.5) is 0 Å². The third-order valence-electron chi connectivity index (χ3n) is 5.30. The van der Waals surface area contributed by atoms with Crippen LogP contribution < -0.4 is 0 Å². The molecule has 0 aliphatic heterocycles. The number of carbonyl (C=O) groups excluding carboxylic acids is 1. The summed E-state index contributed by atoms with van der Waals surface area (Å²) in [7, 11) is 0. The van der Waals surface area contributed by atoms with E-state index in [2.05, 4.69) is 13.8 Å². The van der Waals surface area contributed by atoms with Crippen molar-refractivity contribution in [1.82, 2.24) is 0 Å².